The lowest BCUT2D eigenvalue weighted by Gasteiger charge is -2.33. The molecule has 0 fully saturated rings. The van der Waals surface area contributed by atoms with Gasteiger partial charge in [-0.3, -0.25) is 4.79 Å². The van der Waals surface area contributed by atoms with Gasteiger partial charge in [0.25, 0.3) is 0 Å². The van der Waals surface area contributed by atoms with E-state index in [1.807, 2.05) is 45.9 Å². The topological polar surface area (TPSA) is 84.2 Å². The minimum atomic E-state index is -0.612. The van der Waals surface area contributed by atoms with Crippen molar-refractivity contribution in [3.05, 3.63) is 51.4 Å². The Hall–Kier alpha value is -3.74. The van der Waals surface area contributed by atoms with E-state index in [0.717, 1.165) is 5.56 Å². The molecule has 0 radical (unpaired) electrons. The number of benzene rings is 2. The van der Waals surface area contributed by atoms with Crippen LogP contribution in [0.3, 0.4) is 0 Å². The van der Waals surface area contributed by atoms with Gasteiger partial charge in [-0.15, -0.1) is 0 Å². The molecule has 1 atom stereocenters. The van der Waals surface area contributed by atoms with Gasteiger partial charge in [0, 0.05) is 18.1 Å². The van der Waals surface area contributed by atoms with Crippen molar-refractivity contribution >= 4 is 22.8 Å². The van der Waals surface area contributed by atoms with E-state index in [0.29, 0.717) is 45.1 Å². The molecule has 3 aromatic rings. The van der Waals surface area contributed by atoms with Gasteiger partial charge in [-0.1, -0.05) is 0 Å². The Morgan fingerprint density at radius 1 is 1.06 bits per heavy atom. The SMILES string of the molecule is COc1cc(-c2cc(=O)oc3c4c(c5c(c23)OC(C)(C)C=C5)OC(C)CC4=O)cc(C)c1OC. The summed E-state index contributed by atoms with van der Waals surface area (Å²) >= 11 is 0. The molecule has 0 amide bonds. The Balaban J connectivity index is 1.94. The Morgan fingerprint density at radius 3 is 2.53 bits per heavy atom. The summed E-state index contributed by atoms with van der Waals surface area (Å²) in [4.78, 5) is 25.9. The zero-order valence-electron chi connectivity index (χ0n) is 20.0. The lowest BCUT2D eigenvalue weighted by atomic mass is 9.89. The summed E-state index contributed by atoms with van der Waals surface area (Å²) in [7, 11) is 3.14. The maximum Gasteiger partial charge on any atom is 0.336 e. The average molecular weight is 462 g/mol. The molecule has 1 aromatic heterocycles. The van der Waals surface area contributed by atoms with Gasteiger partial charge in [-0.05, 0) is 63.1 Å². The van der Waals surface area contributed by atoms with Crippen LogP contribution >= 0.6 is 0 Å². The highest BCUT2D eigenvalue weighted by Gasteiger charge is 2.36. The summed E-state index contributed by atoms with van der Waals surface area (Å²) in [6.07, 6.45) is 3.74. The van der Waals surface area contributed by atoms with Crippen molar-refractivity contribution in [2.45, 2.75) is 45.8 Å². The van der Waals surface area contributed by atoms with E-state index in [4.69, 9.17) is 23.4 Å². The minimum absolute atomic E-state index is 0.136. The van der Waals surface area contributed by atoms with Gasteiger partial charge < -0.3 is 23.4 Å². The van der Waals surface area contributed by atoms with E-state index < -0.39 is 11.2 Å². The largest absolute Gasteiger partial charge is 0.493 e. The highest BCUT2D eigenvalue weighted by atomic mass is 16.5. The van der Waals surface area contributed by atoms with Crippen molar-refractivity contribution in [1.82, 2.24) is 0 Å². The summed E-state index contributed by atoms with van der Waals surface area (Å²) in [5, 5.41) is 0.545. The second-order valence-corrected chi connectivity index (χ2v) is 9.25. The minimum Gasteiger partial charge on any atom is -0.493 e. The standard InChI is InChI=1S/C27H26O7/c1-13-9-15(11-19(30-5)23(13)31-6)17-12-20(29)33-26-21(17)25-16(7-8-27(3,4)34-25)24-22(26)18(28)10-14(2)32-24/h7-9,11-12,14H,10H2,1-6H3. The summed E-state index contributed by atoms with van der Waals surface area (Å²) in [6, 6.07) is 5.13. The highest BCUT2D eigenvalue weighted by molar-refractivity contribution is 6.15. The molecule has 5 rings (SSSR count). The summed E-state index contributed by atoms with van der Waals surface area (Å²) < 4.78 is 29.2. The third-order valence-corrected chi connectivity index (χ3v) is 6.19. The van der Waals surface area contributed by atoms with E-state index in [1.165, 1.54) is 6.07 Å². The zero-order valence-corrected chi connectivity index (χ0v) is 20.0. The molecule has 0 saturated heterocycles. The van der Waals surface area contributed by atoms with Crippen molar-refractivity contribution in [3.8, 4) is 34.1 Å². The van der Waals surface area contributed by atoms with Crippen molar-refractivity contribution in [1.29, 1.82) is 0 Å². The van der Waals surface area contributed by atoms with Gasteiger partial charge in [-0.2, -0.15) is 0 Å². The first-order valence-corrected chi connectivity index (χ1v) is 11.1. The predicted molar refractivity (Wildman–Crippen MR) is 129 cm³/mol. The quantitative estimate of drug-likeness (QED) is 0.487. The van der Waals surface area contributed by atoms with E-state index in [9.17, 15) is 9.59 Å². The number of hydrogen-bond donors (Lipinski definition) is 0. The monoisotopic (exact) mass is 462 g/mol. The van der Waals surface area contributed by atoms with Crippen LogP contribution < -0.4 is 24.6 Å². The molecule has 7 heteroatoms. The molecule has 176 valence electrons. The normalized spacial score (nSPS) is 18.1. The second kappa shape index (κ2) is 7.65. The Morgan fingerprint density at radius 2 is 1.82 bits per heavy atom. The van der Waals surface area contributed by atoms with Gasteiger partial charge in [0.15, 0.2) is 22.9 Å². The van der Waals surface area contributed by atoms with Crippen molar-refractivity contribution in [2.75, 3.05) is 14.2 Å². The van der Waals surface area contributed by atoms with E-state index >= 15 is 0 Å². The first-order chi connectivity index (χ1) is 16.1. The van der Waals surface area contributed by atoms with Crippen molar-refractivity contribution in [3.63, 3.8) is 0 Å². The molecular weight excluding hydrogens is 436 g/mol. The molecule has 2 aliphatic heterocycles. The molecule has 0 spiro atoms. The first-order valence-electron chi connectivity index (χ1n) is 11.1. The number of carbonyl (C=O) groups is 1. The maximum absolute atomic E-state index is 13.2. The third kappa shape index (κ3) is 3.34. The molecule has 0 bridgehead atoms. The van der Waals surface area contributed by atoms with Crippen molar-refractivity contribution < 1.29 is 28.2 Å². The Labute approximate surface area is 196 Å². The molecule has 3 heterocycles. The smallest absolute Gasteiger partial charge is 0.336 e. The lowest BCUT2D eigenvalue weighted by Crippen LogP contribution is -2.30. The summed E-state index contributed by atoms with van der Waals surface area (Å²) in [6.45, 7) is 7.61. The Kier molecular flexibility index (Phi) is 4.97. The van der Waals surface area contributed by atoms with Crippen LogP contribution in [0.25, 0.3) is 28.2 Å². The summed E-state index contributed by atoms with van der Waals surface area (Å²) in [5.41, 5.74) is 2.04. The van der Waals surface area contributed by atoms with Crippen LogP contribution in [0.5, 0.6) is 23.0 Å². The van der Waals surface area contributed by atoms with Crippen LogP contribution in [0.2, 0.25) is 0 Å². The van der Waals surface area contributed by atoms with E-state index in [1.54, 1.807) is 20.3 Å². The van der Waals surface area contributed by atoms with Crippen molar-refractivity contribution in [2.24, 2.45) is 0 Å². The number of Topliss-reactive ketones (excluding diaryl/α,β-unsaturated/α-hetero) is 1. The predicted octanol–water partition coefficient (Wildman–Crippen LogP) is 5.32. The van der Waals surface area contributed by atoms with Crippen LogP contribution in [-0.2, 0) is 0 Å². The molecule has 2 aromatic carbocycles. The van der Waals surface area contributed by atoms with Crippen LogP contribution in [0.15, 0.2) is 33.5 Å². The maximum atomic E-state index is 13.2. The zero-order chi connectivity index (χ0) is 24.4. The van der Waals surface area contributed by atoms with Gasteiger partial charge in [0.2, 0.25) is 0 Å². The van der Waals surface area contributed by atoms with Gasteiger partial charge in [0.05, 0.1) is 25.2 Å². The fraction of sp³-hybridized carbons (Fsp3) is 0.333. The highest BCUT2D eigenvalue weighted by Crippen LogP contribution is 2.50. The van der Waals surface area contributed by atoms with E-state index in [-0.39, 0.29) is 29.5 Å². The van der Waals surface area contributed by atoms with Gasteiger partial charge >= 0.3 is 5.63 Å². The molecule has 1 unspecified atom stereocenters. The lowest BCUT2D eigenvalue weighted by molar-refractivity contribution is 0.0869. The van der Waals surface area contributed by atoms with Crippen LogP contribution in [0, 0.1) is 6.92 Å². The fourth-order valence-electron chi connectivity index (χ4n) is 4.73. The molecule has 0 saturated carbocycles. The molecule has 2 aliphatic rings. The van der Waals surface area contributed by atoms with Crippen LogP contribution in [0.1, 0.15) is 48.7 Å². The third-order valence-electron chi connectivity index (χ3n) is 6.19. The number of fused-ring (bicyclic) bond motifs is 6. The number of rotatable bonds is 3. The number of methoxy groups -OCH3 is 2. The number of ketones is 1. The second-order valence-electron chi connectivity index (χ2n) is 9.25. The number of hydrogen-bond acceptors (Lipinski definition) is 7. The molecular formula is C27H26O7. The van der Waals surface area contributed by atoms with Gasteiger partial charge in [0.1, 0.15) is 28.8 Å². The average Bonchev–Trinajstić information content (AvgIpc) is 2.76. The Bertz CT molecular complexity index is 1440. The van der Waals surface area contributed by atoms with E-state index in [2.05, 4.69) is 0 Å². The van der Waals surface area contributed by atoms with Gasteiger partial charge in [-0.25, -0.2) is 4.79 Å². The number of ether oxygens (including phenoxy) is 4. The molecule has 7 nitrogen and oxygen atoms in total. The fourth-order valence-corrected chi connectivity index (χ4v) is 4.73. The van der Waals surface area contributed by atoms with Crippen LogP contribution in [-0.4, -0.2) is 31.7 Å². The summed E-state index contributed by atoms with van der Waals surface area (Å²) in [5.74, 6) is 1.90. The number of aryl methyl sites for hydroxylation is 1. The molecule has 0 N–H and O–H groups in total. The molecule has 34 heavy (non-hydrogen) atoms. The first kappa shape index (κ1) is 22.1. The number of carbonyl (C=O) groups excluding carboxylic acids is 1. The van der Waals surface area contributed by atoms with Crippen LogP contribution in [0.4, 0.5) is 0 Å². The molecule has 0 aliphatic carbocycles.